The van der Waals surface area contributed by atoms with Crippen LogP contribution in [-0.4, -0.2) is 146 Å². The number of nitrogens with one attached hydrogen (secondary N) is 8. The van der Waals surface area contributed by atoms with Crippen LogP contribution in [0.5, 0.6) is 0 Å². The molecule has 0 bridgehead atoms. The lowest BCUT2D eigenvalue weighted by molar-refractivity contribution is -0.143. The van der Waals surface area contributed by atoms with E-state index in [4.69, 9.17) is 0 Å². The molecule has 2 saturated carbocycles. The Balaban J connectivity index is 0.921. The molecule has 0 aromatic heterocycles. The van der Waals surface area contributed by atoms with Crippen molar-refractivity contribution in [1.29, 1.82) is 0 Å². The summed E-state index contributed by atoms with van der Waals surface area (Å²) in [5, 5.41) is 24.7. The van der Waals surface area contributed by atoms with Crippen molar-refractivity contribution in [1.82, 2.24) is 52.3 Å². The van der Waals surface area contributed by atoms with Gasteiger partial charge in [-0.15, -0.1) is 0 Å². The Kier molecular flexibility index (Phi) is 25.5. The number of likely N-dealkylation sites (tertiary alicyclic amines) is 2. The van der Waals surface area contributed by atoms with Gasteiger partial charge in [-0.25, -0.2) is 0 Å². The summed E-state index contributed by atoms with van der Waals surface area (Å²) in [6.07, 6.45) is 14.0. The molecule has 18 nitrogen and oxygen atoms in total. The molecule has 4 aromatic rings. The van der Waals surface area contributed by atoms with Gasteiger partial charge in [0.05, 0.1) is 12.1 Å². The Morgan fingerprint density at radius 2 is 0.716 bits per heavy atom. The molecule has 2 heterocycles. The van der Waals surface area contributed by atoms with Crippen LogP contribution in [0.25, 0.3) is 0 Å². The van der Waals surface area contributed by atoms with E-state index < -0.39 is 72.0 Å². The van der Waals surface area contributed by atoms with E-state index in [0.717, 1.165) is 99.3 Å². The Morgan fingerprint density at radius 3 is 1.02 bits per heavy atom. The second-order valence-electron chi connectivity index (χ2n) is 24.7. The number of amides is 8. The van der Waals surface area contributed by atoms with Gasteiger partial charge >= 0.3 is 0 Å². The number of rotatable bonds is 29. The Bertz CT molecular complexity index is 2620. The molecule has 8 N–H and O–H groups in total. The van der Waals surface area contributed by atoms with Gasteiger partial charge in [-0.3, -0.25) is 38.4 Å². The van der Waals surface area contributed by atoms with E-state index in [1.807, 2.05) is 121 Å². The summed E-state index contributed by atoms with van der Waals surface area (Å²) in [4.78, 5) is 118. The molecule has 4 aromatic carbocycles. The molecule has 0 radical (unpaired) electrons. The molecule has 8 atom stereocenters. The van der Waals surface area contributed by atoms with Crippen molar-refractivity contribution in [3.05, 3.63) is 144 Å². The molecule has 8 amide bonds. The highest BCUT2D eigenvalue weighted by atomic mass is 16.2. The quantitative estimate of drug-likeness (QED) is 0.0267. The minimum Gasteiger partial charge on any atom is -0.354 e. The number of nitrogens with zero attached hydrogens (tertiary/aromatic N) is 2. The van der Waals surface area contributed by atoms with Gasteiger partial charge < -0.3 is 52.3 Å². The average molecular weight is 1210 g/mol. The number of carbonyl (C=O) groups excluding carboxylic acids is 8. The van der Waals surface area contributed by atoms with Crippen molar-refractivity contribution in [2.24, 2.45) is 11.8 Å². The van der Waals surface area contributed by atoms with Crippen molar-refractivity contribution in [2.75, 3.05) is 40.3 Å². The van der Waals surface area contributed by atoms with Crippen molar-refractivity contribution < 1.29 is 38.4 Å². The van der Waals surface area contributed by atoms with Crippen LogP contribution in [0.4, 0.5) is 0 Å². The Hall–Kier alpha value is -7.44. The van der Waals surface area contributed by atoms with E-state index in [0.29, 0.717) is 64.7 Å². The predicted molar refractivity (Wildman–Crippen MR) is 341 cm³/mol. The van der Waals surface area contributed by atoms with E-state index in [9.17, 15) is 38.4 Å². The topological polar surface area (TPSA) is 239 Å². The van der Waals surface area contributed by atoms with Crippen molar-refractivity contribution in [3.8, 4) is 0 Å². The van der Waals surface area contributed by atoms with Crippen LogP contribution in [0.15, 0.2) is 121 Å². The normalized spacial score (nSPS) is 19.4. The summed E-state index contributed by atoms with van der Waals surface area (Å²) < 4.78 is 0. The number of hydrogen-bond donors (Lipinski definition) is 8. The zero-order chi connectivity index (χ0) is 62.4. The molecule has 18 heteroatoms. The van der Waals surface area contributed by atoms with Crippen LogP contribution in [0, 0.1) is 11.8 Å². The van der Waals surface area contributed by atoms with E-state index >= 15 is 0 Å². The Morgan fingerprint density at radius 1 is 0.398 bits per heavy atom. The zero-order valence-electron chi connectivity index (χ0n) is 52.2. The summed E-state index contributed by atoms with van der Waals surface area (Å²) >= 11 is 0. The number of benzene rings is 4. The van der Waals surface area contributed by atoms with Gasteiger partial charge in [0.25, 0.3) is 0 Å². The highest BCUT2D eigenvalue weighted by Gasteiger charge is 2.45. The second-order valence-corrected chi connectivity index (χ2v) is 24.7. The van der Waals surface area contributed by atoms with Crippen molar-refractivity contribution in [3.63, 3.8) is 0 Å². The van der Waals surface area contributed by atoms with Gasteiger partial charge in [0.1, 0.15) is 36.3 Å². The van der Waals surface area contributed by atoms with Gasteiger partial charge in [0.2, 0.25) is 47.3 Å². The molecule has 2 aliphatic carbocycles. The van der Waals surface area contributed by atoms with E-state index in [1.54, 1.807) is 37.7 Å². The van der Waals surface area contributed by atoms with Gasteiger partial charge in [-0.05, 0) is 126 Å². The molecule has 88 heavy (non-hydrogen) atoms. The van der Waals surface area contributed by atoms with E-state index in [1.165, 1.54) is 0 Å². The molecule has 0 spiro atoms. The number of unbranched alkanes of at least 4 members (excludes halogenated alkanes) is 3. The highest BCUT2D eigenvalue weighted by molar-refractivity contribution is 5.97. The first kappa shape index (κ1) is 66.5. The summed E-state index contributed by atoms with van der Waals surface area (Å²) in [5.41, 5.74) is 3.36. The number of likely N-dealkylation sites (N-methyl/N-ethyl adjacent to an activating group) is 2. The lowest BCUT2D eigenvalue weighted by Crippen LogP contribution is -2.59. The lowest BCUT2D eigenvalue weighted by Gasteiger charge is -2.36. The summed E-state index contributed by atoms with van der Waals surface area (Å²) in [6, 6.07) is 32.3. The van der Waals surface area contributed by atoms with Crippen LogP contribution < -0.4 is 42.5 Å². The minimum absolute atomic E-state index is 0.0457. The third-order valence-electron chi connectivity index (χ3n) is 18.9. The van der Waals surface area contributed by atoms with Gasteiger partial charge in [0, 0.05) is 38.0 Å². The summed E-state index contributed by atoms with van der Waals surface area (Å²) in [7, 11) is 3.41. The molecule has 8 rings (SSSR count). The standard InChI is InChI=1S/C70H96N10O8/c1-47(71-3)63(81)75-59(53-37-21-11-22-38-53)69(87)79-45-27-41-55(79)65(83)77-61(57(49-29-13-7-14-30-49)50-31-15-8-16-32-50)67(85)73-43-25-5-6-26-44-74-68(86)62(58(51-33-17-9-18-34-51)52-35-19-10-20-36-52)78-66(84)56-42-28-46-80(56)70(88)60(54-39-23-12-24-40-54)76-64(82)48(2)72-4/h7-10,13-20,29-36,47-48,53-62,71-72H,5-6,11-12,21-28,37-46H2,1-4H3,(H,73,85)(H,74,86)(H,75,81)(H,76,82)(H,77,83)(H,78,84)/t47-,48-,55-,56-,59+,60+,61-,62-/m1/s1. The first-order valence-electron chi connectivity index (χ1n) is 32.7. The monoisotopic (exact) mass is 1200 g/mol. The third kappa shape index (κ3) is 17.7. The highest BCUT2D eigenvalue weighted by Crippen LogP contribution is 2.34. The maximum Gasteiger partial charge on any atom is 0.246 e. The lowest BCUT2D eigenvalue weighted by atomic mass is 9.83. The van der Waals surface area contributed by atoms with E-state index in [-0.39, 0.29) is 47.3 Å². The molecule has 2 saturated heterocycles. The fraction of sp³-hybridized carbons (Fsp3) is 0.543. The number of hydrogen-bond acceptors (Lipinski definition) is 10. The fourth-order valence-electron chi connectivity index (χ4n) is 13.6. The maximum atomic E-state index is 14.8. The molecule has 4 fully saturated rings. The van der Waals surface area contributed by atoms with Crippen LogP contribution in [0.1, 0.15) is 164 Å². The molecule has 474 valence electrons. The van der Waals surface area contributed by atoms with Gasteiger partial charge in [-0.2, -0.15) is 0 Å². The average Bonchev–Trinajstić information content (AvgIpc) is 4.40. The van der Waals surface area contributed by atoms with Crippen molar-refractivity contribution >= 4 is 47.3 Å². The van der Waals surface area contributed by atoms with Crippen molar-refractivity contribution in [2.45, 2.75) is 190 Å². The van der Waals surface area contributed by atoms with Crippen LogP contribution in [-0.2, 0) is 38.4 Å². The van der Waals surface area contributed by atoms with Gasteiger partial charge in [0.15, 0.2) is 0 Å². The third-order valence-corrected chi connectivity index (χ3v) is 18.9. The Labute approximate surface area is 521 Å². The first-order valence-corrected chi connectivity index (χ1v) is 32.7. The molecule has 0 unspecified atom stereocenters. The zero-order valence-corrected chi connectivity index (χ0v) is 52.2. The number of carbonyl (C=O) groups is 8. The smallest absolute Gasteiger partial charge is 0.246 e. The van der Waals surface area contributed by atoms with Crippen LogP contribution >= 0.6 is 0 Å². The minimum atomic E-state index is -1.05. The predicted octanol–water partition coefficient (Wildman–Crippen LogP) is 6.74. The summed E-state index contributed by atoms with van der Waals surface area (Å²) in [6.45, 7) is 4.88. The molecular weight excluding hydrogens is 1110 g/mol. The largest absolute Gasteiger partial charge is 0.354 e. The van der Waals surface area contributed by atoms with Crippen LogP contribution in [0.3, 0.4) is 0 Å². The SMILES string of the molecule is CN[C@H](C)C(=O)N[C@H](C(=O)N1CCC[C@@H]1C(=O)N[C@@H](C(=O)NCCCCCCNC(=O)[C@H](NC(=O)[C@H]1CCCN1C(=O)[C@@H](NC(=O)[C@@H](C)NC)C1CCCCC1)C(c1ccccc1)c1ccccc1)C(c1ccccc1)c1ccccc1)C1CCCCC1. The molecule has 4 aliphatic rings. The van der Waals surface area contributed by atoms with Crippen LogP contribution in [0.2, 0.25) is 0 Å². The second kappa shape index (κ2) is 33.8. The molecular formula is C70H96N10O8. The molecule has 2 aliphatic heterocycles. The summed E-state index contributed by atoms with van der Waals surface area (Å²) in [5.74, 6) is -3.84. The van der Waals surface area contributed by atoms with Gasteiger partial charge in [-0.1, -0.05) is 173 Å². The first-order chi connectivity index (χ1) is 42.8. The van der Waals surface area contributed by atoms with E-state index in [2.05, 4.69) is 42.5 Å². The fourth-order valence-corrected chi connectivity index (χ4v) is 13.6. The maximum absolute atomic E-state index is 14.8.